The van der Waals surface area contributed by atoms with Gasteiger partial charge in [-0.2, -0.15) is 0 Å². The number of hydrogen-bond donors (Lipinski definition) is 1. The Kier molecular flexibility index (Phi) is 7.36. The molecule has 1 aromatic carbocycles. The van der Waals surface area contributed by atoms with E-state index in [1.165, 1.54) is 0 Å². The third kappa shape index (κ3) is 4.79. The number of carbonyl (C=O) groups excluding carboxylic acids is 1. The van der Waals surface area contributed by atoms with Crippen LogP contribution in [0, 0.1) is 0 Å². The number of aryl methyl sites for hydroxylation is 1. The van der Waals surface area contributed by atoms with E-state index in [0.717, 1.165) is 43.1 Å². The third-order valence-corrected chi connectivity index (χ3v) is 6.01. The molecule has 1 N–H and O–H groups in total. The molecule has 33 heavy (non-hydrogen) atoms. The molecule has 0 bridgehead atoms. The molecule has 0 amide bonds. The zero-order valence-electron chi connectivity index (χ0n) is 18.9. The van der Waals surface area contributed by atoms with Gasteiger partial charge in [-0.15, -0.1) is 0 Å². The molecule has 1 fully saturated rings. The van der Waals surface area contributed by atoms with Crippen molar-refractivity contribution in [3.8, 4) is 17.2 Å². The summed E-state index contributed by atoms with van der Waals surface area (Å²) in [7, 11) is 3.76. The van der Waals surface area contributed by atoms with Crippen LogP contribution >= 0.6 is 0 Å². The predicted molar refractivity (Wildman–Crippen MR) is 115 cm³/mol. The van der Waals surface area contributed by atoms with Crippen molar-refractivity contribution in [1.29, 1.82) is 0 Å². The van der Waals surface area contributed by atoms with Crippen molar-refractivity contribution in [3.63, 3.8) is 0 Å². The maximum Gasteiger partial charge on any atom is 1.00 e. The molecule has 0 radical (unpaired) electrons. The normalized spacial score (nSPS) is 15.3. The molecular formula is C22H23KN6O4. The first-order chi connectivity index (χ1) is 15.5. The van der Waals surface area contributed by atoms with Gasteiger partial charge in [0.25, 0.3) is 0 Å². The molecule has 1 aliphatic heterocycles. The molecule has 2 aromatic heterocycles. The fraction of sp³-hybridized carbons (Fsp3) is 0.364. The van der Waals surface area contributed by atoms with E-state index in [-0.39, 0.29) is 57.1 Å². The summed E-state index contributed by atoms with van der Waals surface area (Å²) in [6.45, 7) is 3.98. The summed E-state index contributed by atoms with van der Waals surface area (Å²) in [5.41, 5.74) is 3.59. The topological polar surface area (TPSA) is 120 Å². The average molecular weight is 475 g/mol. The molecule has 10 nitrogen and oxygen atoms in total. The van der Waals surface area contributed by atoms with Crippen LogP contribution in [0.2, 0.25) is 0 Å². The number of hydrogen-bond acceptors (Lipinski definition) is 10. The monoisotopic (exact) mass is 474 g/mol. The number of ether oxygens (including phenoxy) is 1. The summed E-state index contributed by atoms with van der Waals surface area (Å²) in [6, 6.07) is 6.01. The van der Waals surface area contributed by atoms with E-state index in [4.69, 9.17) is 9.26 Å². The molecule has 0 spiro atoms. The number of piperazine rings is 1. The van der Waals surface area contributed by atoms with Crippen LogP contribution in [0.1, 0.15) is 21.6 Å². The fourth-order valence-corrected chi connectivity index (χ4v) is 4.16. The molecule has 0 saturated carbocycles. The van der Waals surface area contributed by atoms with Crippen molar-refractivity contribution in [2.75, 3.05) is 50.6 Å². The second-order valence-corrected chi connectivity index (χ2v) is 7.99. The number of aromatic nitrogens is 3. The fourth-order valence-electron chi connectivity index (χ4n) is 4.16. The van der Waals surface area contributed by atoms with Crippen molar-refractivity contribution < 1.29 is 70.5 Å². The SMILES string of the molecule is COc1cc(N2CCN(C)CC2)ccc1Nc1ncc2c(n1)-c1onc(C(=O)[O-])c1CC2.[K+]. The number of carbonyl (C=O) groups is 1. The van der Waals surface area contributed by atoms with Crippen LogP contribution in [0.4, 0.5) is 17.3 Å². The molecule has 5 rings (SSSR count). The predicted octanol–water partition coefficient (Wildman–Crippen LogP) is -1.90. The van der Waals surface area contributed by atoms with Crippen LogP contribution in [-0.4, -0.2) is 66.3 Å². The zero-order chi connectivity index (χ0) is 22.2. The minimum Gasteiger partial charge on any atom is -0.543 e. The van der Waals surface area contributed by atoms with Gasteiger partial charge < -0.3 is 34.3 Å². The number of carboxylic acids is 1. The summed E-state index contributed by atoms with van der Waals surface area (Å²) in [4.78, 5) is 24.9. The van der Waals surface area contributed by atoms with Crippen molar-refractivity contribution in [1.82, 2.24) is 20.0 Å². The molecule has 166 valence electrons. The Morgan fingerprint density at radius 1 is 1.21 bits per heavy atom. The zero-order valence-corrected chi connectivity index (χ0v) is 22.0. The number of nitrogens with zero attached hydrogens (tertiary/aromatic N) is 5. The van der Waals surface area contributed by atoms with Crippen LogP contribution in [0.15, 0.2) is 28.9 Å². The van der Waals surface area contributed by atoms with Gasteiger partial charge in [-0.1, -0.05) is 5.16 Å². The summed E-state index contributed by atoms with van der Waals surface area (Å²) < 4.78 is 10.9. The number of methoxy groups -OCH3 is 1. The Labute approximate surface area is 233 Å². The number of likely N-dealkylation sites (N-methyl/N-ethyl adjacent to an activating group) is 1. The smallest absolute Gasteiger partial charge is 0.543 e. The molecule has 0 atom stereocenters. The molecule has 11 heteroatoms. The van der Waals surface area contributed by atoms with Crippen molar-refractivity contribution in [3.05, 3.63) is 41.2 Å². The Bertz CT molecular complexity index is 1180. The van der Waals surface area contributed by atoms with Gasteiger partial charge in [-0.3, -0.25) is 0 Å². The molecule has 3 aromatic rings. The third-order valence-electron chi connectivity index (χ3n) is 6.01. The van der Waals surface area contributed by atoms with Crippen LogP contribution in [0.25, 0.3) is 11.5 Å². The maximum absolute atomic E-state index is 11.3. The quantitative estimate of drug-likeness (QED) is 0.420. The Morgan fingerprint density at radius 2 is 2.00 bits per heavy atom. The Balaban J connectivity index is 0.00000259. The number of anilines is 3. The number of carboxylic acid groups (broad SMARTS) is 1. The summed E-state index contributed by atoms with van der Waals surface area (Å²) >= 11 is 0. The van der Waals surface area contributed by atoms with Crippen molar-refractivity contribution in [2.45, 2.75) is 12.8 Å². The van der Waals surface area contributed by atoms with Crippen LogP contribution in [0.5, 0.6) is 5.75 Å². The number of aromatic carboxylic acids is 1. The number of rotatable bonds is 5. The molecule has 1 aliphatic carbocycles. The second kappa shape index (κ2) is 10.1. The summed E-state index contributed by atoms with van der Waals surface area (Å²) in [5, 5.41) is 18.1. The van der Waals surface area contributed by atoms with Crippen molar-refractivity contribution in [2.24, 2.45) is 0 Å². The van der Waals surface area contributed by atoms with Gasteiger partial charge in [0.15, 0.2) is 5.76 Å². The van der Waals surface area contributed by atoms with E-state index in [9.17, 15) is 9.90 Å². The van der Waals surface area contributed by atoms with E-state index in [1.807, 2.05) is 12.1 Å². The van der Waals surface area contributed by atoms with E-state index < -0.39 is 5.97 Å². The summed E-state index contributed by atoms with van der Waals surface area (Å²) in [6.07, 6.45) is 2.82. The largest absolute Gasteiger partial charge is 1.00 e. The number of fused-ring (bicyclic) bond motifs is 3. The van der Waals surface area contributed by atoms with Gasteiger partial charge in [-0.25, -0.2) is 9.97 Å². The van der Waals surface area contributed by atoms with E-state index in [1.54, 1.807) is 13.3 Å². The molecule has 2 aliphatic rings. The minimum atomic E-state index is -1.35. The average Bonchev–Trinajstić information content (AvgIpc) is 3.25. The maximum atomic E-state index is 11.3. The van der Waals surface area contributed by atoms with Crippen molar-refractivity contribution >= 4 is 23.3 Å². The van der Waals surface area contributed by atoms with Gasteiger partial charge in [0.1, 0.15) is 17.1 Å². The van der Waals surface area contributed by atoms with E-state index >= 15 is 0 Å². The van der Waals surface area contributed by atoms with Gasteiger partial charge in [0, 0.05) is 55.3 Å². The van der Waals surface area contributed by atoms with Crippen LogP contribution < -0.4 is 71.4 Å². The van der Waals surface area contributed by atoms with Crippen LogP contribution in [0.3, 0.4) is 0 Å². The number of nitrogens with one attached hydrogen (secondary N) is 1. The molecular weight excluding hydrogens is 451 g/mol. The number of benzene rings is 1. The Morgan fingerprint density at radius 3 is 2.73 bits per heavy atom. The molecule has 3 heterocycles. The van der Waals surface area contributed by atoms with Gasteiger partial charge in [-0.05, 0) is 32.0 Å². The second-order valence-electron chi connectivity index (χ2n) is 7.99. The Hall–Kier alpha value is -2.02. The standard InChI is InChI=1S/C22H24N6O4.K/c1-27-7-9-28(10-8-27)14-4-6-16(17(11-14)31-2)24-22-23-12-13-3-5-15-19(21(29)30)26-32-20(15)18(13)25-22;/h4,6,11-12H,3,5,7-10H2,1-2H3,(H,29,30)(H,23,24,25);/q;+1/p-1. The summed E-state index contributed by atoms with van der Waals surface area (Å²) in [5.74, 6) is 0.0419. The molecule has 0 unspecified atom stereocenters. The first-order valence-electron chi connectivity index (χ1n) is 10.5. The van der Waals surface area contributed by atoms with Crippen LogP contribution in [-0.2, 0) is 12.8 Å². The van der Waals surface area contributed by atoms with E-state index in [0.29, 0.717) is 41.6 Å². The minimum absolute atomic E-state index is 0. The van der Waals surface area contributed by atoms with E-state index in [2.05, 4.69) is 43.4 Å². The first-order valence-corrected chi connectivity index (χ1v) is 10.5. The molecule has 1 saturated heterocycles. The first kappa shape index (κ1) is 24.1. The van der Waals surface area contributed by atoms with Gasteiger partial charge in [0.2, 0.25) is 5.95 Å². The van der Waals surface area contributed by atoms with Gasteiger partial charge in [0.05, 0.1) is 18.8 Å². The van der Waals surface area contributed by atoms with Gasteiger partial charge >= 0.3 is 51.4 Å².